The Morgan fingerprint density at radius 1 is 0.828 bits per heavy atom. The zero-order valence-corrected chi connectivity index (χ0v) is 16.1. The van der Waals surface area contributed by atoms with E-state index in [4.69, 9.17) is 0 Å². The van der Waals surface area contributed by atoms with Crippen LogP contribution in [0.15, 0.2) is 59.5 Å². The molecular formula is C22H19NO6. The van der Waals surface area contributed by atoms with Crippen molar-refractivity contribution in [2.45, 2.75) is 0 Å². The van der Waals surface area contributed by atoms with E-state index in [-0.39, 0.29) is 16.9 Å². The number of hydrogen-bond donors (Lipinski definition) is 1. The van der Waals surface area contributed by atoms with Crippen LogP contribution in [0.2, 0.25) is 0 Å². The first-order chi connectivity index (χ1) is 13.9. The predicted octanol–water partition coefficient (Wildman–Crippen LogP) is 3.00. The predicted molar refractivity (Wildman–Crippen MR) is 107 cm³/mol. The van der Waals surface area contributed by atoms with Gasteiger partial charge in [0, 0.05) is 18.8 Å². The molecule has 2 aromatic carbocycles. The molecule has 0 aliphatic heterocycles. The molecule has 0 saturated heterocycles. The van der Waals surface area contributed by atoms with Crippen LogP contribution in [0.5, 0.6) is 5.75 Å². The molecule has 0 atom stereocenters. The van der Waals surface area contributed by atoms with Crippen LogP contribution in [-0.4, -0.2) is 35.8 Å². The van der Waals surface area contributed by atoms with Crippen LogP contribution in [0.25, 0.3) is 22.3 Å². The summed E-state index contributed by atoms with van der Waals surface area (Å²) >= 11 is 0. The summed E-state index contributed by atoms with van der Waals surface area (Å²) in [7, 11) is 4.17. The standard InChI is InChI=1S/C22H19NO6/c1-23-12-17(13-4-8-15(9-5-13)21(26)28-2)19(24)18(20(23)25)14-6-10-16(11-7-14)22(27)29-3/h4-12,24H,1-3H3. The van der Waals surface area contributed by atoms with Crippen molar-refractivity contribution in [3.8, 4) is 28.0 Å². The Bertz CT molecular complexity index is 1130. The third-order valence-electron chi connectivity index (χ3n) is 4.56. The van der Waals surface area contributed by atoms with E-state index in [2.05, 4.69) is 9.47 Å². The number of nitrogens with zero attached hydrogens (tertiary/aromatic N) is 1. The molecule has 0 amide bonds. The summed E-state index contributed by atoms with van der Waals surface area (Å²) in [5, 5.41) is 10.9. The second kappa shape index (κ2) is 8.02. The molecule has 1 N–H and O–H groups in total. The fourth-order valence-electron chi connectivity index (χ4n) is 2.99. The van der Waals surface area contributed by atoms with Gasteiger partial charge in [-0.3, -0.25) is 4.79 Å². The minimum Gasteiger partial charge on any atom is -0.506 e. The smallest absolute Gasteiger partial charge is 0.337 e. The van der Waals surface area contributed by atoms with Crippen LogP contribution in [0.3, 0.4) is 0 Å². The number of aromatic hydroxyl groups is 1. The van der Waals surface area contributed by atoms with E-state index in [1.165, 1.54) is 37.1 Å². The minimum absolute atomic E-state index is 0.110. The van der Waals surface area contributed by atoms with Crippen LogP contribution < -0.4 is 5.56 Å². The second-order valence-electron chi connectivity index (χ2n) is 6.32. The SMILES string of the molecule is COC(=O)c1ccc(-c2cn(C)c(=O)c(-c3ccc(C(=O)OC)cc3)c2O)cc1. The van der Waals surface area contributed by atoms with Gasteiger partial charge >= 0.3 is 11.9 Å². The molecule has 0 saturated carbocycles. The zero-order chi connectivity index (χ0) is 21.1. The average molecular weight is 393 g/mol. The average Bonchev–Trinajstić information content (AvgIpc) is 2.76. The fraction of sp³-hybridized carbons (Fsp3) is 0.136. The van der Waals surface area contributed by atoms with Gasteiger partial charge in [-0.25, -0.2) is 9.59 Å². The van der Waals surface area contributed by atoms with Crippen molar-refractivity contribution < 1.29 is 24.2 Å². The third-order valence-corrected chi connectivity index (χ3v) is 4.56. The molecule has 0 spiro atoms. The first kappa shape index (κ1) is 19.9. The first-order valence-electron chi connectivity index (χ1n) is 8.67. The summed E-state index contributed by atoms with van der Waals surface area (Å²) < 4.78 is 10.7. The number of aryl methyl sites for hydroxylation is 1. The van der Waals surface area contributed by atoms with Crippen LogP contribution in [-0.2, 0) is 16.5 Å². The van der Waals surface area contributed by atoms with Gasteiger partial charge in [0.15, 0.2) is 0 Å². The first-order valence-corrected chi connectivity index (χ1v) is 8.67. The van der Waals surface area contributed by atoms with Crippen molar-refractivity contribution in [3.63, 3.8) is 0 Å². The van der Waals surface area contributed by atoms with Crippen LogP contribution in [0.4, 0.5) is 0 Å². The lowest BCUT2D eigenvalue weighted by Crippen LogP contribution is -2.18. The molecule has 1 heterocycles. The van der Waals surface area contributed by atoms with E-state index < -0.39 is 11.9 Å². The van der Waals surface area contributed by atoms with E-state index in [1.807, 2.05) is 0 Å². The molecular weight excluding hydrogens is 374 g/mol. The maximum absolute atomic E-state index is 12.7. The number of pyridine rings is 1. The molecule has 29 heavy (non-hydrogen) atoms. The zero-order valence-electron chi connectivity index (χ0n) is 16.1. The van der Waals surface area contributed by atoms with Gasteiger partial charge in [-0.05, 0) is 35.4 Å². The summed E-state index contributed by atoms with van der Waals surface area (Å²) in [5.74, 6) is -1.15. The summed E-state index contributed by atoms with van der Waals surface area (Å²) in [6, 6.07) is 12.7. The van der Waals surface area contributed by atoms with Crippen LogP contribution >= 0.6 is 0 Å². The number of benzene rings is 2. The lowest BCUT2D eigenvalue weighted by molar-refractivity contribution is 0.0592. The van der Waals surface area contributed by atoms with E-state index in [0.29, 0.717) is 27.8 Å². The van der Waals surface area contributed by atoms with Gasteiger partial charge in [0.1, 0.15) is 5.75 Å². The van der Waals surface area contributed by atoms with Gasteiger partial charge in [-0.1, -0.05) is 24.3 Å². The van der Waals surface area contributed by atoms with Crippen molar-refractivity contribution in [1.29, 1.82) is 0 Å². The highest BCUT2D eigenvalue weighted by Crippen LogP contribution is 2.35. The molecule has 1 aromatic heterocycles. The van der Waals surface area contributed by atoms with Crippen molar-refractivity contribution in [3.05, 3.63) is 76.2 Å². The number of methoxy groups -OCH3 is 2. The Balaban J connectivity index is 2.11. The maximum atomic E-state index is 12.7. The Morgan fingerprint density at radius 3 is 1.72 bits per heavy atom. The van der Waals surface area contributed by atoms with Gasteiger partial charge in [-0.15, -0.1) is 0 Å². The van der Waals surface area contributed by atoms with E-state index >= 15 is 0 Å². The molecule has 0 radical (unpaired) electrons. The quantitative estimate of drug-likeness (QED) is 0.685. The summed E-state index contributed by atoms with van der Waals surface area (Å²) in [5.41, 5.74) is 1.94. The Kier molecular flexibility index (Phi) is 5.50. The molecule has 0 aliphatic carbocycles. The summed E-state index contributed by atoms with van der Waals surface area (Å²) in [6.07, 6.45) is 1.52. The molecule has 0 unspecified atom stereocenters. The van der Waals surface area contributed by atoms with Crippen LogP contribution in [0, 0.1) is 0 Å². The van der Waals surface area contributed by atoms with Gasteiger partial charge in [0.25, 0.3) is 5.56 Å². The number of carbonyl (C=O) groups excluding carboxylic acids is 2. The molecule has 0 bridgehead atoms. The molecule has 3 rings (SSSR count). The number of aromatic nitrogens is 1. The Hall–Kier alpha value is -3.87. The molecule has 0 fully saturated rings. The molecule has 0 aliphatic rings. The molecule has 7 heteroatoms. The highest BCUT2D eigenvalue weighted by Gasteiger charge is 2.18. The van der Waals surface area contributed by atoms with Gasteiger partial charge in [0.2, 0.25) is 0 Å². The number of esters is 2. The third kappa shape index (κ3) is 3.75. The monoisotopic (exact) mass is 393 g/mol. The number of ether oxygens (including phenoxy) is 2. The van der Waals surface area contributed by atoms with Crippen molar-refractivity contribution >= 4 is 11.9 Å². The van der Waals surface area contributed by atoms with Crippen LogP contribution in [0.1, 0.15) is 20.7 Å². The van der Waals surface area contributed by atoms with Crippen molar-refractivity contribution in [1.82, 2.24) is 4.57 Å². The Labute approximate surface area is 166 Å². The van der Waals surface area contributed by atoms with Crippen molar-refractivity contribution in [2.24, 2.45) is 7.05 Å². The summed E-state index contributed by atoms with van der Waals surface area (Å²) in [4.78, 5) is 35.9. The molecule has 3 aromatic rings. The number of rotatable bonds is 4. The summed E-state index contributed by atoms with van der Waals surface area (Å²) in [6.45, 7) is 0. The number of hydrogen-bond acceptors (Lipinski definition) is 6. The molecule has 7 nitrogen and oxygen atoms in total. The topological polar surface area (TPSA) is 94.8 Å². The maximum Gasteiger partial charge on any atom is 0.337 e. The lowest BCUT2D eigenvalue weighted by atomic mass is 9.98. The number of carbonyl (C=O) groups is 2. The normalized spacial score (nSPS) is 10.4. The fourth-order valence-corrected chi connectivity index (χ4v) is 2.99. The van der Waals surface area contributed by atoms with Crippen molar-refractivity contribution in [2.75, 3.05) is 14.2 Å². The second-order valence-corrected chi connectivity index (χ2v) is 6.32. The lowest BCUT2D eigenvalue weighted by Gasteiger charge is -2.13. The van der Waals surface area contributed by atoms with E-state index in [9.17, 15) is 19.5 Å². The van der Waals surface area contributed by atoms with Gasteiger partial charge in [-0.2, -0.15) is 0 Å². The van der Waals surface area contributed by atoms with E-state index in [0.717, 1.165) is 0 Å². The highest BCUT2D eigenvalue weighted by molar-refractivity contribution is 5.91. The largest absolute Gasteiger partial charge is 0.506 e. The van der Waals surface area contributed by atoms with E-state index in [1.54, 1.807) is 43.4 Å². The Morgan fingerprint density at radius 2 is 1.28 bits per heavy atom. The minimum atomic E-state index is -0.492. The molecule has 148 valence electrons. The van der Waals surface area contributed by atoms with Gasteiger partial charge < -0.3 is 19.1 Å². The van der Waals surface area contributed by atoms with Gasteiger partial charge in [0.05, 0.1) is 30.9 Å². The highest BCUT2D eigenvalue weighted by atomic mass is 16.5.